The molecule has 4 nitrogen and oxygen atoms in total. The molecule has 1 saturated heterocycles. The molecule has 0 saturated carbocycles. The van der Waals surface area contributed by atoms with Gasteiger partial charge in [-0.2, -0.15) is 0 Å². The molecular formula is C26H22N2O2. The Balaban J connectivity index is 1.24. The van der Waals surface area contributed by atoms with E-state index in [1.54, 1.807) is 0 Å². The van der Waals surface area contributed by atoms with Gasteiger partial charge in [0.25, 0.3) is 5.91 Å². The third kappa shape index (κ3) is 3.77. The number of pyridine rings is 1. The van der Waals surface area contributed by atoms with E-state index in [9.17, 15) is 4.79 Å². The first-order chi connectivity index (χ1) is 14.8. The van der Waals surface area contributed by atoms with Crippen molar-refractivity contribution in [1.29, 1.82) is 0 Å². The Labute approximate surface area is 175 Å². The van der Waals surface area contributed by atoms with Crippen LogP contribution < -0.4 is 4.74 Å². The molecule has 1 aromatic heterocycles. The maximum atomic E-state index is 12.9. The van der Waals surface area contributed by atoms with Crippen LogP contribution in [-0.4, -0.2) is 35.0 Å². The summed E-state index contributed by atoms with van der Waals surface area (Å²) in [4.78, 5) is 19.4. The zero-order valence-corrected chi connectivity index (χ0v) is 16.6. The molecule has 2 heterocycles. The molecule has 1 aliphatic heterocycles. The van der Waals surface area contributed by atoms with E-state index in [1.165, 1.54) is 0 Å². The number of hydrogen-bond acceptors (Lipinski definition) is 3. The monoisotopic (exact) mass is 394 g/mol. The fourth-order valence-corrected chi connectivity index (χ4v) is 3.91. The van der Waals surface area contributed by atoms with Gasteiger partial charge in [0, 0.05) is 30.0 Å². The van der Waals surface area contributed by atoms with Crippen LogP contribution in [-0.2, 0) is 0 Å². The van der Waals surface area contributed by atoms with Crippen molar-refractivity contribution >= 4 is 16.8 Å². The van der Waals surface area contributed by atoms with E-state index in [-0.39, 0.29) is 12.0 Å². The highest BCUT2D eigenvalue weighted by atomic mass is 16.5. The number of benzene rings is 3. The van der Waals surface area contributed by atoms with Crippen LogP contribution >= 0.6 is 0 Å². The standard InChI is InChI=1S/C26H22N2O2/c29-26(22-12-10-20(11-13-22)19-6-2-1-3-7-19)28-17-16-23(18-28)30-25-15-14-21-8-4-5-9-24(21)27-25/h1-15,23H,16-18H2. The summed E-state index contributed by atoms with van der Waals surface area (Å²) < 4.78 is 6.07. The van der Waals surface area contributed by atoms with Gasteiger partial charge in [-0.15, -0.1) is 0 Å². The van der Waals surface area contributed by atoms with Gasteiger partial charge in [0.15, 0.2) is 0 Å². The van der Waals surface area contributed by atoms with Crippen LogP contribution in [0.2, 0.25) is 0 Å². The molecule has 1 unspecified atom stereocenters. The van der Waals surface area contributed by atoms with Crippen molar-refractivity contribution in [3.05, 3.63) is 96.6 Å². The maximum Gasteiger partial charge on any atom is 0.253 e. The third-order valence-electron chi connectivity index (χ3n) is 5.53. The molecule has 0 spiro atoms. The van der Waals surface area contributed by atoms with Crippen molar-refractivity contribution in [2.24, 2.45) is 0 Å². The predicted octanol–water partition coefficient (Wildman–Crippen LogP) is 5.20. The van der Waals surface area contributed by atoms with Gasteiger partial charge in [-0.3, -0.25) is 4.79 Å². The largest absolute Gasteiger partial charge is 0.472 e. The lowest BCUT2D eigenvalue weighted by molar-refractivity contribution is 0.0771. The molecule has 4 aromatic rings. The lowest BCUT2D eigenvalue weighted by Gasteiger charge is -2.17. The number of ether oxygens (including phenoxy) is 1. The number of carbonyl (C=O) groups excluding carboxylic acids is 1. The molecule has 1 aliphatic rings. The van der Waals surface area contributed by atoms with Crippen LogP contribution in [0.5, 0.6) is 5.88 Å². The van der Waals surface area contributed by atoms with Gasteiger partial charge in [0.05, 0.1) is 12.1 Å². The molecule has 1 amide bonds. The third-order valence-corrected chi connectivity index (χ3v) is 5.53. The van der Waals surface area contributed by atoms with Crippen molar-refractivity contribution in [1.82, 2.24) is 9.88 Å². The van der Waals surface area contributed by atoms with Crippen molar-refractivity contribution in [3.63, 3.8) is 0 Å². The summed E-state index contributed by atoms with van der Waals surface area (Å²) in [7, 11) is 0. The number of amides is 1. The minimum Gasteiger partial charge on any atom is -0.472 e. The Kier molecular flexibility index (Phi) is 4.89. The predicted molar refractivity (Wildman–Crippen MR) is 119 cm³/mol. The first-order valence-corrected chi connectivity index (χ1v) is 10.2. The Morgan fingerprint density at radius 1 is 0.833 bits per heavy atom. The molecule has 30 heavy (non-hydrogen) atoms. The average Bonchev–Trinajstić information content (AvgIpc) is 3.27. The highest BCUT2D eigenvalue weighted by molar-refractivity contribution is 5.95. The molecule has 3 aromatic carbocycles. The summed E-state index contributed by atoms with van der Waals surface area (Å²) in [5.41, 5.74) is 3.88. The van der Waals surface area contributed by atoms with Gasteiger partial charge >= 0.3 is 0 Å². The van der Waals surface area contributed by atoms with Gasteiger partial charge in [0.2, 0.25) is 5.88 Å². The highest BCUT2D eigenvalue weighted by Crippen LogP contribution is 2.23. The average molecular weight is 394 g/mol. The number of para-hydroxylation sites is 1. The Morgan fingerprint density at radius 2 is 1.57 bits per heavy atom. The van der Waals surface area contributed by atoms with E-state index < -0.39 is 0 Å². The van der Waals surface area contributed by atoms with Crippen LogP contribution in [0.1, 0.15) is 16.8 Å². The minimum atomic E-state index is -0.0359. The van der Waals surface area contributed by atoms with E-state index in [1.807, 2.05) is 83.8 Å². The van der Waals surface area contributed by atoms with E-state index in [0.29, 0.717) is 24.5 Å². The zero-order valence-electron chi connectivity index (χ0n) is 16.6. The van der Waals surface area contributed by atoms with Gasteiger partial charge in [0.1, 0.15) is 6.10 Å². The molecule has 0 aliphatic carbocycles. The van der Waals surface area contributed by atoms with Crippen molar-refractivity contribution in [2.45, 2.75) is 12.5 Å². The number of nitrogens with zero attached hydrogens (tertiary/aromatic N) is 2. The van der Waals surface area contributed by atoms with Crippen molar-refractivity contribution in [3.8, 4) is 17.0 Å². The Morgan fingerprint density at radius 3 is 2.40 bits per heavy atom. The molecule has 0 bridgehead atoms. The summed E-state index contributed by atoms with van der Waals surface area (Å²) >= 11 is 0. The quantitative estimate of drug-likeness (QED) is 0.478. The van der Waals surface area contributed by atoms with Crippen LogP contribution in [0.3, 0.4) is 0 Å². The summed E-state index contributed by atoms with van der Waals surface area (Å²) in [6.07, 6.45) is 0.772. The summed E-state index contributed by atoms with van der Waals surface area (Å²) in [5.74, 6) is 0.660. The van der Waals surface area contributed by atoms with Gasteiger partial charge in [-0.1, -0.05) is 60.7 Å². The molecular weight excluding hydrogens is 372 g/mol. The summed E-state index contributed by atoms with van der Waals surface area (Å²) in [5, 5.41) is 1.09. The summed E-state index contributed by atoms with van der Waals surface area (Å²) in [6, 6.07) is 29.9. The number of fused-ring (bicyclic) bond motifs is 1. The number of carbonyl (C=O) groups is 1. The van der Waals surface area contributed by atoms with Crippen LogP contribution in [0, 0.1) is 0 Å². The van der Waals surface area contributed by atoms with Gasteiger partial charge in [-0.25, -0.2) is 4.98 Å². The van der Waals surface area contributed by atoms with E-state index >= 15 is 0 Å². The van der Waals surface area contributed by atoms with Gasteiger partial charge < -0.3 is 9.64 Å². The highest BCUT2D eigenvalue weighted by Gasteiger charge is 2.28. The molecule has 4 heteroatoms. The van der Waals surface area contributed by atoms with E-state index in [2.05, 4.69) is 17.1 Å². The topological polar surface area (TPSA) is 42.4 Å². The van der Waals surface area contributed by atoms with Gasteiger partial charge in [-0.05, 0) is 35.4 Å². The van der Waals surface area contributed by atoms with Crippen LogP contribution in [0.4, 0.5) is 0 Å². The molecule has 148 valence electrons. The summed E-state index contributed by atoms with van der Waals surface area (Å²) in [6.45, 7) is 1.27. The maximum absolute atomic E-state index is 12.9. The zero-order chi connectivity index (χ0) is 20.3. The second-order valence-corrected chi connectivity index (χ2v) is 7.57. The van der Waals surface area contributed by atoms with Crippen molar-refractivity contribution < 1.29 is 9.53 Å². The SMILES string of the molecule is O=C(c1ccc(-c2ccccc2)cc1)N1CCC(Oc2ccc3ccccc3n2)C1. The minimum absolute atomic E-state index is 0.0359. The number of aromatic nitrogens is 1. The number of hydrogen-bond donors (Lipinski definition) is 0. The smallest absolute Gasteiger partial charge is 0.253 e. The first kappa shape index (κ1) is 18.4. The molecule has 1 fully saturated rings. The Bertz CT molecular complexity index is 1170. The normalized spacial score (nSPS) is 16.0. The fraction of sp³-hybridized carbons (Fsp3) is 0.154. The molecule has 5 rings (SSSR count). The molecule has 0 N–H and O–H groups in total. The van der Waals surface area contributed by atoms with Crippen molar-refractivity contribution in [2.75, 3.05) is 13.1 Å². The van der Waals surface area contributed by atoms with Crippen LogP contribution in [0.25, 0.3) is 22.0 Å². The molecule has 0 radical (unpaired) electrons. The van der Waals surface area contributed by atoms with Crippen LogP contribution in [0.15, 0.2) is 91.0 Å². The van der Waals surface area contributed by atoms with E-state index in [4.69, 9.17) is 4.74 Å². The first-order valence-electron chi connectivity index (χ1n) is 10.2. The Hall–Kier alpha value is -3.66. The van der Waals surface area contributed by atoms with E-state index in [0.717, 1.165) is 28.5 Å². The second kappa shape index (κ2) is 7.99. The lowest BCUT2D eigenvalue weighted by atomic mass is 10.0. The lowest BCUT2D eigenvalue weighted by Crippen LogP contribution is -2.31. The second-order valence-electron chi connectivity index (χ2n) is 7.57. The number of rotatable bonds is 4. The number of likely N-dealkylation sites (tertiary alicyclic amines) is 1. The molecule has 1 atom stereocenters. The fourth-order valence-electron chi connectivity index (χ4n) is 3.91.